The molecule has 0 amide bonds. The van der Waals surface area contributed by atoms with Crippen LogP contribution in [0.5, 0.6) is 0 Å². The van der Waals surface area contributed by atoms with Crippen LogP contribution in [-0.4, -0.2) is 17.1 Å². The van der Waals surface area contributed by atoms with E-state index in [9.17, 15) is 5.11 Å². The Morgan fingerprint density at radius 1 is 1.26 bits per heavy atom. The Labute approximate surface area is 122 Å². The lowest BCUT2D eigenvalue weighted by atomic mass is 10.2. The van der Waals surface area contributed by atoms with Crippen molar-refractivity contribution in [1.82, 2.24) is 4.98 Å². The highest BCUT2D eigenvalue weighted by Crippen LogP contribution is 2.21. The Kier molecular flexibility index (Phi) is 4.56. The van der Waals surface area contributed by atoms with Gasteiger partial charge in [0.2, 0.25) is 0 Å². The molecule has 100 valence electrons. The van der Waals surface area contributed by atoms with Crippen LogP contribution in [0.2, 0.25) is 0 Å². The number of aromatic nitrogens is 1. The van der Waals surface area contributed by atoms with Gasteiger partial charge in [-0.2, -0.15) is 0 Å². The van der Waals surface area contributed by atoms with Gasteiger partial charge < -0.3 is 10.0 Å². The van der Waals surface area contributed by atoms with Crippen LogP contribution in [0.15, 0.2) is 47.1 Å². The van der Waals surface area contributed by atoms with Crippen molar-refractivity contribution in [3.8, 4) is 0 Å². The van der Waals surface area contributed by atoms with Gasteiger partial charge in [0, 0.05) is 18.1 Å². The summed E-state index contributed by atoms with van der Waals surface area (Å²) < 4.78 is 1.11. The molecule has 19 heavy (non-hydrogen) atoms. The molecule has 1 heterocycles. The van der Waals surface area contributed by atoms with Crippen molar-refractivity contribution >= 4 is 21.6 Å². The molecule has 1 aromatic heterocycles. The molecule has 4 heteroatoms. The van der Waals surface area contributed by atoms with E-state index in [1.807, 2.05) is 37.4 Å². The Morgan fingerprint density at radius 3 is 2.58 bits per heavy atom. The molecular weight excluding hydrogens is 304 g/mol. The molecule has 1 N–H and O–H groups in total. The quantitative estimate of drug-likeness (QED) is 0.936. The van der Waals surface area contributed by atoms with Crippen molar-refractivity contribution in [3.05, 3.63) is 58.3 Å². The van der Waals surface area contributed by atoms with Crippen LogP contribution in [0.1, 0.15) is 24.3 Å². The third kappa shape index (κ3) is 3.55. The number of nitrogens with zero attached hydrogens (tertiary/aromatic N) is 2. The van der Waals surface area contributed by atoms with E-state index in [1.165, 1.54) is 5.56 Å². The fourth-order valence-corrected chi connectivity index (χ4v) is 2.25. The van der Waals surface area contributed by atoms with Gasteiger partial charge in [0.25, 0.3) is 0 Å². The number of hydrogen-bond acceptors (Lipinski definition) is 3. The topological polar surface area (TPSA) is 36.4 Å². The summed E-state index contributed by atoms with van der Waals surface area (Å²) in [7, 11) is 2.03. The minimum absolute atomic E-state index is 0.525. The lowest BCUT2D eigenvalue weighted by Gasteiger charge is -2.20. The third-order valence-corrected chi connectivity index (χ3v) is 3.78. The molecule has 0 unspecified atom stereocenters. The Hall–Kier alpha value is -1.39. The second kappa shape index (κ2) is 6.17. The molecule has 0 fully saturated rings. The highest BCUT2D eigenvalue weighted by Gasteiger charge is 2.07. The molecule has 0 aliphatic rings. The van der Waals surface area contributed by atoms with E-state index in [2.05, 4.69) is 31.9 Å². The van der Waals surface area contributed by atoms with E-state index in [0.29, 0.717) is 5.69 Å². The second-order valence-corrected chi connectivity index (χ2v) is 5.42. The number of anilines is 1. The fourth-order valence-electron chi connectivity index (χ4n) is 1.84. The monoisotopic (exact) mass is 320 g/mol. The van der Waals surface area contributed by atoms with Gasteiger partial charge in [0.1, 0.15) is 0 Å². The lowest BCUT2D eigenvalue weighted by molar-refractivity contribution is 0.194. The number of benzene rings is 1. The fraction of sp³-hybridized carbons (Fsp3) is 0.267. The molecule has 0 saturated carbocycles. The standard InChI is InChI=1S/C15H17BrN2O/c1-11(19)15-8-7-13(9-17-15)18(2)10-12-5-3-4-6-14(12)16/h3-9,11,19H,10H2,1-2H3/t11-/m1/s1. The van der Waals surface area contributed by atoms with Gasteiger partial charge in [-0.15, -0.1) is 0 Å². The zero-order chi connectivity index (χ0) is 13.8. The first-order valence-corrected chi connectivity index (χ1v) is 6.96. The molecule has 0 saturated heterocycles. The number of pyridine rings is 1. The molecule has 3 nitrogen and oxygen atoms in total. The summed E-state index contributed by atoms with van der Waals surface area (Å²) in [6.45, 7) is 2.52. The Bertz CT molecular complexity index is 540. The maximum atomic E-state index is 9.44. The first-order chi connectivity index (χ1) is 9.08. The summed E-state index contributed by atoms with van der Waals surface area (Å²) in [5.41, 5.74) is 2.95. The van der Waals surface area contributed by atoms with Gasteiger partial charge in [-0.05, 0) is 30.7 Å². The molecule has 2 aromatic rings. The van der Waals surface area contributed by atoms with E-state index < -0.39 is 6.10 Å². The largest absolute Gasteiger partial charge is 0.387 e. The number of halogens is 1. The van der Waals surface area contributed by atoms with Gasteiger partial charge in [0.05, 0.1) is 23.7 Å². The average molecular weight is 321 g/mol. The summed E-state index contributed by atoms with van der Waals surface area (Å²) in [4.78, 5) is 6.38. The molecular formula is C15H17BrN2O. The van der Waals surface area contributed by atoms with Crippen molar-refractivity contribution in [3.63, 3.8) is 0 Å². The second-order valence-electron chi connectivity index (χ2n) is 4.56. The summed E-state index contributed by atoms with van der Waals surface area (Å²) >= 11 is 3.55. The van der Waals surface area contributed by atoms with Gasteiger partial charge >= 0.3 is 0 Å². The zero-order valence-electron chi connectivity index (χ0n) is 11.0. The van der Waals surface area contributed by atoms with Crippen molar-refractivity contribution in [2.75, 3.05) is 11.9 Å². The van der Waals surface area contributed by atoms with E-state index in [-0.39, 0.29) is 0 Å². The van der Waals surface area contributed by atoms with Crippen LogP contribution in [0.3, 0.4) is 0 Å². The maximum absolute atomic E-state index is 9.44. The van der Waals surface area contributed by atoms with Gasteiger partial charge in [-0.25, -0.2) is 0 Å². The van der Waals surface area contributed by atoms with Crippen molar-refractivity contribution in [2.45, 2.75) is 19.6 Å². The molecule has 0 aliphatic carbocycles. The smallest absolute Gasteiger partial charge is 0.0931 e. The summed E-state index contributed by atoms with van der Waals surface area (Å²) in [6.07, 6.45) is 1.27. The zero-order valence-corrected chi connectivity index (χ0v) is 12.6. The summed E-state index contributed by atoms with van der Waals surface area (Å²) in [5.74, 6) is 0. The predicted molar refractivity (Wildman–Crippen MR) is 81.1 cm³/mol. The van der Waals surface area contributed by atoms with Crippen LogP contribution in [0.4, 0.5) is 5.69 Å². The van der Waals surface area contributed by atoms with E-state index in [4.69, 9.17) is 0 Å². The predicted octanol–water partition coefficient (Wildman–Crippen LogP) is 3.53. The van der Waals surface area contributed by atoms with Crippen LogP contribution in [0, 0.1) is 0 Å². The normalized spacial score (nSPS) is 12.2. The van der Waals surface area contributed by atoms with Crippen molar-refractivity contribution in [1.29, 1.82) is 0 Å². The minimum Gasteiger partial charge on any atom is -0.387 e. The molecule has 0 radical (unpaired) electrons. The van der Waals surface area contributed by atoms with Crippen LogP contribution >= 0.6 is 15.9 Å². The molecule has 0 bridgehead atoms. The van der Waals surface area contributed by atoms with Crippen LogP contribution in [0.25, 0.3) is 0 Å². The molecule has 1 atom stereocenters. The first-order valence-electron chi connectivity index (χ1n) is 6.16. The number of aliphatic hydroxyl groups is 1. The van der Waals surface area contributed by atoms with Gasteiger partial charge in [-0.3, -0.25) is 4.98 Å². The Balaban J connectivity index is 2.12. The van der Waals surface area contributed by atoms with E-state index >= 15 is 0 Å². The highest BCUT2D eigenvalue weighted by molar-refractivity contribution is 9.10. The SMILES string of the molecule is C[C@@H](O)c1ccc(N(C)Cc2ccccc2Br)cn1. The Morgan fingerprint density at radius 2 is 2.00 bits per heavy atom. The molecule has 2 rings (SSSR count). The summed E-state index contributed by atoms with van der Waals surface area (Å²) in [6, 6.07) is 12.0. The van der Waals surface area contributed by atoms with E-state index in [0.717, 1.165) is 16.7 Å². The highest BCUT2D eigenvalue weighted by atomic mass is 79.9. The number of aliphatic hydroxyl groups excluding tert-OH is 1. The average Bonchev–Trinajstić information content (AvgIpc) is 2.41. The lowest BCUT2D eigenvalue weighted by Crippen LogP contribution is -2.17. The minimum atomic E-state index is -0.525. The molecule has 1 aromatic carbocycles. The summed E-state index contributed by atoms with van der Waals surface area (Å²) in [5, 5.41) is 9.44. The molecule has 0 aliphatic heterocycles. The van der Waals surface area contributed by atoms with Crippen LogP contribution < -0.4 is 4.90 Å². The molecule has 0 spiro atoms. The first kappa shape index (κ1) is 14.0. The number of rotatable bonds is 4. The third-order valence-electron chi connectivity index (χ3n) is 3.00. The van der Waals surface area contributed by atoms with Crippen LogP contribution in [-0.2, 0) is 6.54 Å². The van der Waals surface area contributed by atoms with Gasteiger partial charge in [0.15, 0.2) is 0 Å². The maximum Gasteiger partial charge on any atom is 0.0931 e. The van der Waals surface area contributed by atoms with E-state index in [1.54, 1.807) is 13.1 Å². The van der Waals surface area contributed by atoms with Crippen molar-refractivity contribution < 1.29 is 5.11 Å². The van der Waals surface area contributed by atoms with Gasteiger partial charge in [-0.1, -0.05) is 34.1 Å². The van der Waals surface area contributed by atoms with Crippen molar-refractivity contribution in [2.24, 2.45) is 0 Å². The number of hydrogen-bond donors (Lipinski definition) is 1.